The Balaban J connectivity index is 1.28. The number of aromatic nitrogens is 4. The largest absolute Gasteiger partial charge is 0.493 e. The molecule has 1 saturated carbocycles. The molecule has 0 aromatic carbocycles. The molecule has 1 saturated heterocycles. The molecule has 0 bridgehead atoms. The third-order valence-electron chi connectivity index (χ3n) is 7.72. The molecule has 0 spiro atoms. The van der Waals surface area contributed by atoms with Gasteiger partial charge in [0.25, 0.3) is 0 Å². The first-order valence-corrected chi connectivity index (χ1v) is 13.0. The van der Waals surface area contributed by atoms with E-state index in [1.165, 1.54) is 30.4 Å². The smallest absolute Gasteiger partial charge is 0.163 e. The summed E-state index contributed by atoms with van der Waals surface area (Å²) >= 11 is 0. The van der Waals surface area contributed by atoms with Crippen LogP contribution in [0.2, 0.25) is 0 Å². The molecule has 4 atom stereocenters. The van der Waals surface area contributed by atoms with Gasteiger partial charge in [0.1, 0.15) is 29.6 Å². The van der Waals surface area contributed by atoms with E-state index in [-0.39, 0.29) is 24.2 Å². The van der Waals surface area contributed by atoms with E-state index in [1.54, 1.807) is 0 Å². The predicted molar refractivity (Wildman–Crippen MR) is 133 cm³/mol. The van der Waals surface area contributed by atoms with E-state index in [1.807, 2.05) is 26.1 Å². The van der Waals surface area contributed by atoms with Gasteiger partial charge < -0.3 is 24.5 Å². The minimum absolute atomic E-state index is 0.0422. The second-order valence-corrected chi connectivity index (χ2v) is 10.7. The average Bonchev–Trinajstić information content (AvgIpc) is 3.49. The lowest BCUT2D eigenvalue weighted by Crippen LogP contribution is -2.29. The first-order chi connectivity index (χ1) is 16.9. The second-order valence-electron chi connectivity index (χ2n) is 10.7. The fourth-order valence-corrected chi connectivity index (χ4v) is 6.18. The summed E-state index contributed by atoms with van der Waals surface area (Å²) in [6.45, 7) is 6.77. The fourth-order valence-electron chi connectivity index (χ4n) is 6.18. The van der Waals surface area contributed by atoms with E-state index < -0.39 is 5.79 Å². The van der Waals surface area contributed by atoms with Gasteiger partial charge in [0.05, 0.1) is 24.1 Å². The summed E-state index contributed by atoms with van der Waals surface area (Å²) in [5, 5.41) is 0.869. The minimum atomic E-state index is -0.632. The van der Waals surface area contributed by atoms with E-state index >= 15 is 0 Å². The van der Waals surface area contributed by atoms with Crippen LogP contribution >= 0.6 is 0 Å². The maximum absolute atomic E-state index is 6.59. The molecule has 35 heavy (non-hydrogen) atoms. The molecule has 4 heterocycles. The van der Waals surface area contributed by atoms with Crippen LogP contribution in [0.25, 0.3) is 11.0 Å². The molecule has 0 radical (unpaired) electrons. The lowest BCUT2D eigenvalue weighted by Gasteiger charge is -2.25. The summed E-state index contributed by atoms with van der Waals surface area (Å²) in [5.74, 6) is 1.08. The van der Waals surface area contributed by atoms with Gasteiger partial charge in [-0.2, -0.15) is 0 Å². The molecule has 3 aliphatic rings. The number of nitrogens with zero attached hydrogens (tertiary/aromatic N) is 4. The van der Waals surface area contributed by atoms with Crippen molar-refractivity contribution in [2.75, 3.05) is 12.3 Å². The van der Waals surface area contributed by atoms with E-state index in [0.717, 1.165) is 54.6 Å². The molecule has 0 amide bonds. The van der Waals surface area contributed by atoms with Gasteiger partial charge in [-0.15, -0.1) is 0 Å². The quantitative estimate of drug-likeness (QED) is 0.562. The van der Waals surface area contributed by atoms with Gasteiger partial charge in [-0.05, 0) is 58.4 Å². The van der Waals surface area contributed by atoms with Crippen molar-refractivity contribution in [3.8, 4) is 5.75 Å². The van der Waals surface area contributed by atoms with Crippen molar-refractivity contribution >= 4 is 16.9 Å². The fraction of sp³-hybridized carbons (Fsp3) is 0.593. The van der Waals surface area contributed by atoms with Crippen molar-refractivity contribution in [1.29, 1.82) is 0 Å². The molecule has 3 aromatic rings. The third kappa shape index (κ3) is 4.06. The van der Waals surface area contributed by atoms with Gasteiger partial charge in [-0.3, -0.25) is 4.98 Å². The molecule has 186 valence electrons. The summed E-state index contributed by atoms with van der Waals surface area (Å²) in [6.07, 6.45) is 10.9. The summed E-state index contributed by atoms with van der Waals surface area (Å²) in [6, 6.07) is 4.25. The summed E-state index contributed by atoms with van der Waals surface area (Å²) in [5.41, 5.74) is 10.6. The number of pyridine rings is 1. The zero-order chi connectivity index (χ0) is 24.2. The number of rotatable bonds is 6. The van der Waals surface area contributed by atoms with Crippen LogP contribution in [0.4, 0.5) is 5.82 Å². The van der Waals surface area contributed by atoms with E-state index in [4.69, 9.17) is 24.9 Å². The zero-order valence-corrected chi connectivity index (χ0v) is 20.9. The number of hydrogen-bond acceptors (Lipinski definition) is 7. The monoisotopic (exact) mass is 477 g/mol. The molecular formula is C27H35N5O3. The van der Waals surface area contributed by atoms with Crippen molar-refractivity contribution in [2.45, 2.75) is 89.8 Å². The first-order valence-electron chi connectivity index (χ1n) is 13.0. The minimum Gasteiger partial charge on any atom is -0.493 e. The maximum Gasteiger partial charge on any atom is 0.163 e. The second kappa shape index (κ2) is 8.75. The zero-order valence-electron chi connectivity index (χ0n) is 20.9. The molecule has 8 nitrogen and oxygen atoms in total. The standard InChI is InChI=1S/C27H35N5O3/c1-4-7-17-13-22(18-8-5-6-9-20(18)31-17)33-14-16-12-21(24-23(16)34-27(2,3)35-24)32-11-10-19-25(28)29-15-30-26(19)32/h10-11,13,15-16,21,23-24H,4-9,12,14H2,1-3H3,(H2,28,29,30)/t16?,21-,23-,24+/m1/s1. The first kappa shape index (κ1) is 22.7. The normalized spacial score (nSPS) is 27.2. The number of hydrogen-bond donors (Lipinski definition) is 1. The Morgan fingerprint density at radius 2 is 2.00 bits per heavy atom. The highest BCUT2D eigenvalue weighted by molar-refractivity contribution is 5.86. The van der Waals surface area contributed by atoms with Crippen LogP contribution in [0.5, 0.6) is 5.75 Å². The van der Waals surface area contributed by atoms with Gasteiger partial charge >= 0.3 is 0 Å². The molecule has 2 N–H and O–H groups in total. The van der Waals surface area contributed by atoms with Crippen molar-refractivity contribution in [3.63, 3.8) is 0 Å². The Labute approximate surface area is 206 Å². The topological polar surface area (TPSA) is 97.3 Å². The summed E-state index contributed by atoms with van der Waals surface area (Å²) < 4.78 is 21.6. The Kier molecular flexibility index (Phi) is 5.68. The molecule has 2 aliphatic carbocycles. The molecule has 6 rings (SSSR count). The number of fused-ring (bicyclic) bond motifs is 3. The van der Waals surface area contributed by atoms with Crippen molar-refractivity contribution in [2.24, 2.45) is 5.92 Å². The van der Waals surface area contributed by atoms with Crippen LogP contribution in [0.3, 0.4) is 0 Å². The molecule has 8 heteroatoms. The van der Waals surface area contributed by atoms with Gasteiger partial charge in [0.15, 0.2) is 5.79 Å². The summed E-state index contributed by atoms with van der Waals surface area (Å²) in [4.78, 5) is 13.6. The third-order valence-corrected chi connectivity index (χ3v) is 7.72. The van der Waals surface area contributed by atoms with Crippen LogP contribution in [-0.4, -0.2) is 44.1 Å². The van der Waals surface area contributed by atoms with Gasteiger partial charge in [0, 0.05) is 35.1 Å². The SMILES string of the molecule is CCCc1cc(OCC2C[C@@H](n3ccc4c(N)ncnc43)[C@@H]3OC(C)(C)O[C@H]23)c2c(n1)CCCC2. The van der Waals surface area contributed by atoms with Crippen LogP contribution in [0, 0.1) is 5.92 Å². The molecule has 3 aromatic heterocycles. The number of anilines is 1. The van der Waals surface area contributed by atoms with Crippen LogP contribution < -0.4 is 10.5 Å². The number of aryl methyl sites for hydroxylation is 2. The van der Waals surface area contributed by atoms with Crippen molar-refractivity contribution in [1.82, 2.24) is 19.5 Å². The van der Waals surface area contributed by atoms with Crippen LogP contribution in [0.1, 0.15) is 69.4 Å². The molecular weight excluding hydrogens is 442 g/mol. The summed E-state index contributed by atoms with van der Waals surface area (Å²) in [7, 11) is 0. The Hall–Kier alpha value is -2.71. The molecule has 1 unspecified atom stereocenters. The predicted octanol–water partition coefficient (Wildman–Crippen LogP) is 4.40. The maximum atomic E-state index is 6.59. The van der Waals surface area contributed by atoms with E-state index in [2.05, 4.69) is 27.5 Å². The number of nitrogen functional groups attached to an aromatic ring is 1. The highest BCUT2D eigenvalue weighted by Crippen LogP contribution is 2.48. The Morgan fingerprint density at radius 3 is 2.86 bits per heavy atom. The van der Waals surface area contributed by atoms with E-state index in [0.29, 0.717) is 12.4 Å². The van der Waals surface area contributed by atoms with Gasteiger partial charge in [0.2, 0.25) is 0 Å². The average molecular weight is 478 g/mol. The molecule has 2 fully saturated rings. The molecule has 1 aliphatic heterocycles. The van der Waals surface area contributed by atoms with Gasteiger partial charge in [-0.1, -0.05) is 13.3 Å². The van der Waals surface area contributed by atoms with Crippen LogP contribution in [0.15, 0.2) is 24.7 Å². The van der Waals surface area contributed by atoms with Crippen molar-refractivity contribution < 1.29 is 14.2 Å². The highest BCUT2D eigenvalue weighted by Gasteiger charge is 2.55. The lowest BCUT2D eigenvalue weighted by atomic mass is 9.94. The van der Waals surface area contributed by atoms with E-state index in [9.17, 15) is 0 Å². The highest BCUT2D eigenvalue weighted by atomic mass is 16.8. The Bertz CT molecular complexity index is 1240. The number of ether oxygens (including phenoxy) is 3. The number of nitrogens with two attached hydrogens (primary N) is 1. The van der Waals surface area contributed by atoms with Crippen molar-refractivity contribution in [3.05, 3.63) is 41.6 Å². The lowest BCUT2D eigenvalue weighted by molar-refractivity contribution is -0.161. The van der Waals surface area contributed by atoms with Crippen LogP contribution in [-0.2, 0) is 28.7 Å². The Morgan fingerprint density at radius 1 is 1.17 bits per heavy atom. The van der Waals surface area contributed by atoms with Gasteiger partial charge in [-0.25, -0.2) is 9.97 Å².